The summed E-state index contributed by atoms with van der Waals surface area (Å²) in [5, 5.41) is 10.4. The number of hydrogen-bond acceptors (Lipinski definition) is 3. The summed E-state index contributed by atoms with van der Waals surface area (Å²) in [6, 6.07) is 2.22. The molecule has 2 aromatic rings. The highest BCUT2D eigenvalue weighted by atomic mass is 32.1. The first-order valence-corrected chi connectivity index (χ1v) is 7.81. The van der Waals surface area contributed by atoms with Crippen LogP contribution in [0.5, 0.6) is 0 Å². The highest BCUT2D eigenvalue weighted by Gasteiger charge is 2.18. The van der Waals surface area contributed by atoms with Gasteiger partial charge in [0.25, 0.3) is 0 Å². The monoisotopic (exact) mass is 276 g/mol. The minimum absolute atomic E-state index is 0.418. The van der Waals surface area contributed by atoms with Crippen LogP contribution in [0.4, 0.5) is 0 Å². The molecule has 0 aliphatic heterocycles. The highest BCUT2D eigenvalue weighted by molar-refractivity contribution is 7.12. The Morgan fingerprint density at radius 1 is 1.37 bits per heavy atom. The predicted molar refractivity (Wildman–Crippen MR) is 77.4 cm³/mol. The van der Waals surface area contributed by atoms with Crippen molar-refractivity contribution in [3.8, 4) is 0 Å². The Bertz CT molecular complexity index is 535. The van der Waals surface area contributed by atoms with Gasteiger partial charge in [-0.1, -0.05) is 6.42 Å². The molecule has 0 bridgehead atoms. The topological polar surface area (TPSA) is 38.0 Å². The third kappa shape index (κ3) is 2.74. The van der Waals surface area contributed by atoms with Crippen LogP contribution in [-0.2, 0) is 26.3 Å². The quantitative estimate of drug-likeness (QED) is 0.875. The second kappa shape index (κ2) is 5.47. The fourth-order valence-corrected chi connectivity index (χ4v) is 3.96. The number of imidazole rings is 1. The molecule has 3 nitrogen and oxygen atoms in total. The van der Waals surface area contributed by atoms with Crippen molar-refractivity contribution in [2.45, 2.75) is 44.6 Å². The van der Waals surface area contributed by atoms with E-state index in [-0.39, 0.29) is 0 Å². The first-order valence-electron chi connectivity index (χ1n) is 7.00. The molecule has 19 heavy (non-hydrogen) atoms. The van der Waals surface area contributed by atoms with Crippen molar-refractivity contribution < 1.29 is 5.11 Å². The number of hydrogen-bond donors (Lipinski definition) is 1. The van der Waals surface area contributed by atoms with Gasteiger partial charge in [-0.2, -0.15) is 0 Å². The van der Waals surface area contributed by atoms with Crippen LogP contribution in [0.15, 0.2) is 18.5 Å². The molecule has 4 heteroatoms. The molecule has 1 atom stereocenters. The number of aliphatic hydroxyl groups is 1. The lowest BCUT2D eigenvalue weighted by Gasteiger charge is -2.08. The molecule has 1 unspecified atom stereocenters. The summed E-state index contributed by atoms with van der Waals surface area (Å²) >= 11 is 1.80. The van der Waals surface area contributed by atoms with Crippen LogP contribution in [0.25, 0.3) is 0 Å². The van der Waals surface area contributed by atoms with Crippen molar-refractivity contribution >= 4 is 11.3 Å². The van der Waals surface area contributed by atoms with E-state index in [0.717, 1.165) is 10.7 Å². The van der Waals surface area contributed by atoms with Gasteiger partial charge in [0.05, 0.1) is 6.10 Å². The summed E-state index contributed by atoms with van der Waals surface area (Å²) in [5.41, 5.74) is 1.47. The summed E-state index contributed by atoms with van der Waals surface area (Å²) in [6.45, 7) is 0. The van der Waals surface area contributed by atoms with E-state index in [1.807, 2.05) is 17.8 Å². The van der Waals surface area contributed by atoms with Crippen LogP contribution in [-0.4, -0.2) is 14.7 Å². The third-order valence-corrected chi connectivity index (χ3v) is 5.23. The predicted octanol–water partition coefficient (Wildman–Crippen LogP) is 3.03. The molecular formula is C15H20N2OS. The zero-order valence-corrected chi connectivity index (χ0v) is 12.1. The second-order valence-electron chi connectivity index (χ2n) is 5.33. The van der Waals surface area contributed by atoms with Crippen molar-refractivity contribution in [3.05, 3.63) is 39.6 Å². The lowest BCUT2D eigenvalue weighted by atomic mass is 10.1. The molecule has 0 saturated heterocycles. The van der Waals surface area contributed by atoms with Crippen molar-refractivity contribution in [3.63, 3.8) is 0 Å². The molecule has 1 aliphatic carbocycles. The van der Waals surface area contributed by atoms with Gasteiger partial charge in [0.15, 0.2) is 0 Å². The third-order valence-electron chi connectivity index (χ3n) is 3.89. The minimum Gasteiger partial charge on any atom is -0.387 e. The molecule has 2 aromatic heterocycles. The Kier molecular flexibility index (Phi) is 3.71. The number of fused-ring (bicyclic) bond motifs is 1. The van der Waals surface area contributed by atoms with Gasteiger partial charge in [-0.3, -0.25) is 0 Å². The number of aryl methyl sites for hydroxylation is 3. The number of aromatic nitrogens is 2. The van der Waals surface area contributed by atoms with Crippen LogP contribution < -0.4 is 0 Å². The largest absolute Gasteiger partial charge is 0.387 e. The molecule has 0 amide bonds. The van der Waals surface area contributed by atoms with E-state index >= 15 is 0 Å². The summed E-state index contributed by atoms with van der Waals surface area (Å²) < 4.78 is 1.97. The number of aliphatic hydroxyl groups excluding tert-OH is 1. The number of thiophene rings is 1. The van der Waals surface area contributed by atoms with Crippen molar-refractivity contribution in [2.75, 3.05) is 0 Å². The molecule has 2 heterocycles. The van der Waals surface area contributed by atoms with Crippen LogP contribution >= 0.6 is 11.3 Å². The standard InChI is InChI=1S/C15H20N2OS/c1-17-8-7-16-15(17)10-12(18)14-9-11-5-3-2-4-6-13(11)19-14/h7-9,12,18H,2-6,10H2,1H3. The van der Waals surface area contributed by atoms with E-state index in [9.17, 15) is 5.11 Å². The van der Waals surface area contributed by atoms with E-state index in [2.05, 4.69) is 11.1 Å². The Morgan fingerprint density at radius 3 is 3.00 bits per heavy atom. The van der Waals surface area contributed by atoms with Crippen LogP contribution in [0.1, 0.15) is 46.5 Å². The summed E-state index contributed by atoms with van der Waals surface area (Å²) in [7, 11) is 1.97. The van der Waals surface area contributed by atoms with Crippen LogP contribution in [0, 0.1) is 0 Å². The zero-order chi connectivity index (χ0) is 13.2. The van der Waals surface area contributed by atoms with Gasteiger partial charge >= 0.3 is 0 Å². The Labute approximate surface area is 117 Å². The van der Waals surface area contributed by atoms with E-state index in [1.165, 1.54) is 42.5 Å². The van der Waals surface area contributed by atoms with Gasteiger partial charge in [0.2, 0.25) is 0 Å². The Balaban J connectivity index is 1.77. The van der Waals surface area contributed by atoms with Crippen LogP contribution in [0.2, 0.25) is 0 Å². The first-order chi connectivity index (χ1) is 9.24. The Morgan fingerprint density at radius 2 is 2.21 bits per heavy atom. The van der Waals surface area contributed by atoms with E-state index < -0.39 is 6.10 Å². The number of nitrogens with zero attached hydrogens (tertiary/aromatic N) is 2. The normalized spacial score (nSPS) is 16.9. The van der Waals surface area contributed by atoms with Crippen LogP contribution in [0.3, 0.4) is 0 Å². The van der Waals surface area contributed by atoms with Crippen molar-refractivity contribution in [1.82, 2.24) is 9.55 Å². The summed E-state index contributed by atoms with van der Waals surface area (Å²) in [4.78, 5) is 6.88. The molecule has 0 spiro atoms. The van der Waals surface area contributed by atoms with Crippen molar-refractivity contribution in [2.24, 2.45) is 7.05 Å². The molecule has 102 valence electrons. The molecule has 0 saturated carbocycles. The Hall–Kier alpha value is -1.13. The maximum absolute atomic E-state index is 10.4. The van der Waals surface area contributed by atoms with Crippen molar-refractivity contribution in [1.29, 1.82) is 0 Å². The molecule has 0 fully saturated rings. The first kappa shape index (κ1) is 12.9. The minimum atomic E-state index is -0.418. The molecule has 1 N–H and O–H groups in total. The molecular weight excluding hydrogens is 256 g/mol. The number of rotatable bonds is 3. The average Bonchev–Trinajstić information content (AvgIpc) is 2.91. The summed E-state index contributed by atoms with van der Waals surface area (Å²) in [5.74, 6) is 0.941. The molecule has 3 rings (SSSR count). The SMILES string of the molecule is Cn1ccnc1CC(O)c1cc2c(s1)CCCCC2. The highest BCUT2D eigenvalue weighted by Crippen LogP contribution is 2.33. The zero-order valence-electron chi connectivity index (χ0n) is 11.3. The molecule has 1 aliphatic rings. The molecule has 0 radical (unpaired) electrons. The lowest BCUT2D eigenvalue weighted by Crippen LogP contribution is -2.05. The van der Waals surface area contributed by atoms with E-state index in [0.29, 0.717) is 6.42 Å². The fraction of sp³-hybridized carbons (Fsp3) is 0.533. The maximum Gasteiger partial charge on any atom is 0.111 e. The second-order valence-corrected chi connectivity index (χ2v) is 6.50. The van der Waals surface area contributed by atoms with E-state index in [4.69, 9.17) is 0 Å². The van der Waals surface area contributed by atoms with Gasteiger partial charge in [-0.25, -0.2) is 4.98 Å². The van der Waals surface area contributed by atoms with Gasteiger partial charge in [0, 0.05) is 35.6 Å². The van der Waals surface area contributed by atoms with Gasteiger partial charge in [0.1, 0.15) is 5.82 Å². The van der Waals surface area contributed by atoms with Gasteiger partial charge in [-0.15, -0.1) is 11.3 Å². The van der Waals surface area contributed by atoms with Gasteiger partial charge in [-0.05, 0) is 37.3 Å². The smallest absolute Gasteiger partial charge is 0.111 e. The van der Waals surface area contributed by atoms with Gasteiger partial charge < -0.3 is 9.67 Å². The fourth-order valence-electron chi connectivity index (χ4n) is 2.72. The maximum atomic E-state index is 10.4. The van der Waals surface area contributed by atoms with E-state index in [1.54, 1.807) is 17.5 Å². The summed E-state index contributed by atoms with van der Waals surface area (Å²) in [6.07, 6.45) is 10.2. The average molecular weight is 276 g/mol. The molecule has 0 aromatic carbocycles. The lowest BCUT2D eigenvalue weighted by molar-refractivity contribution is 0.178.